The zero-order valence-electron chi connectivity index (χ0n) is 11.8. The minimum atomic E-state index is -0.397. The fourth-order valence-electron chi connectivity index (χ4n) is 2.72. The van der Waals surface area contributed by atoms with Gasteiger partial charge in [0.1, 0.15) is 0 Å². The molecule has 0 aromatic heterocycles. The van der Waals surface area contributed by atoms with Crippen molar-refractivity contribution in [2.45, 2.75) is 51.7 Å². The summed E-state index contributed by atoms with van der Waals surface area (Å²) in [6, 6.07) is 5.49. The van der Waals surface area contributed by atoms with Gasteiger partial charge in [0.15, 0.2) is 0 Å². The van der Waals surface area contributed by atoms with Gasteiger partial charge in [0.2, 0.25) is 0 Å². The van der Waals surface area contributed by atoms with E-state index < -0.39 is 4.92 Å². The monoisotopic (exact) mass is 297 g/mol. The predicted octanol–water partition coefficient (Wildman–Crippen LogP) is 3.52. The van der Waals surface area contributed by atoms with Crippen LogP contribution in [-0.4, -0.2) is 22.0 Å². The van der Waals surface area contributed by atoms with Crippen molar-refractivity contribution >= 4 is 17.3 Å². The maximum absolute atomic E-state index is 10.8. The predicted molar refractivity (Wildman–Crippen MR) is 79.6 cm³/mol. The van der Waals surface area contributed by atoms with E-state index in [4.69, 9.17) is 11.6 Å². The van der Waals surface area contributed by atoms with Crippen LogP contribution in [0.4, 0.5) is 5.69 Å². The number of nitrogens with zero attached hydrogens (tertiary/aromatic N) is 2. The SMILES string of the molecule is CC1CCCC(C)N1NCc1cc([N+](=O)[O-])ccc1Cl. The summed E-state index contributed by atoms with van der Waals surface area (Å²) in [6.45, 7) is 4.89. The molecule has 2 unspecified atom stereocenters. The number of halogens is 1. The van der Waals surface area contributed by atoms with Crippen molar-refractivity contribution in [2.75, 3.05) is 0 Å². The van der Waals surface area contributed by atoms with Crippen LogP contribution in [0.1, 0.15) is 38.7 Å². The van der Waals surface area contributed by atoms with Gasteiger partial charge in [0, 0.05) is 35.8 Å². The third-order valence-corrected chi connectivity index (χ3v) is 4.25. The zero-order chi connectivity index (χ0) is 14.7. The largest absolute Gasteiger partial charge is 0.269 e. The smallest absolute Gasteiger partial charge is 0.258 e. The lowest BCUT2D eigenvalue weighted by atomic mass is 10.00. The van der Waals surface area contributed by atoms with Gasteiger partial charge in [-0.2, -0.15) is 0 Å². The Morgan fingerprint density at radius 2 is 2.05 bits per heavy atom. The number of benzene rings is 1. The Morgan fingerprint density at radius 3 is 2.65 bits per heavy atom. The van der Waals surface area contributed by atoms with E-state index in [0.717, 1.165) is 5.56 Å². The summed E-state index contributed by atoms with van der Waals surface area (Å²) in [5.41, 5.74) is 4.20. The van der Waals surface area contributed by atoms with Crippen LogP contribution in [0.25, 0.3) is 0 Å². The Labute approximate surface area is 124 Å². The van der Waals surface area contributed by atoms with Crippen LogP contribution in [0.5, 0.6) is 0 Å². The number of piperidine rings is 1. The molecule has 1 aliphatic rings. The quantitative estimate of drug-likeness (QED) is 0.682. The van der Waals surface area contributed by atoms with Crippen LogP contribution in [0.15, 0.2) is 18.2 Å². The van der Waals surface area contributed by atoms with Gasteiger partial charge in [0.25, 0.3) is 5.69 Å². The van der Waals surface area contributed by atoms with Crippen molar-refractivity contribution in [1.29, 1.82) is 0 Å². The highest BCUT2D eigenvalue weighted by molar-refractivity contribution is 6.31. The van der Waals surface area contributed by atoms with Crippen LogP contribution in [0, 0.1) is 10.1 Å². The molecule has 1 saturated heterocycles. The summed E-state index contributed by atoms with van der Waals surface area (Å²) in [5, 5.41) is 13.6. The second-order valence-corrected chi connectivity index (χ2v) is 5.81. The van der Waals surface area contributed by atoms with Crippen LogP contribution in [0.2, 0.25) is 5.02 Å². The molecule has 1 aliphatic heterocycles. The van der Waals surface area contributed by atoms with E-state index in [1.807, 2.05) is 0 Å². The van der Waals surface area contributed by atoms with Crippen LogP contribution in [-0.2, 0) is 6.54 Å². The Kier molecular flexibility index (Phi) is 4.96. The van der Waals surface area contributed by atoms with Crippen molar-refractivity contribution < 1.29 is 4.92 Å². The molecule has 2 rings (SSSR count). The number of hydrazine groups is 1. The van der Waals surface area contributed by atoms with Crippen molar-refractivity contribution in [2.24, 2.45) is 0 Å². The molecule has 0 radical (unpaired) electrons. The molecule has 5 nitrogen and oxygen atoms in total. The van der Waals surface area contributed by atoms with Crippen LogP contribution < -0.4 is 5.43 Å². The van der Waals surface area contributed by atoms with E-state index in [2.05, 4.69) is 24.3 Å². The molecule has 1 fully saturated rings. The molecule has 0 amide bonds. The normalized spacial score (nSPS) is 23.8. The molecule has 1 N–H and O–H groups in total. The van der Waals surface area contributed by atoms with Crippen molar-refractivity contribution in [3.8, 4) is 0 Å². The molecular formula is C14H20ClN3O2. The molecule has 2 atom stereocenters. The first-order valence-electron chi connectivity index (χ1n) is 6.93. The minimum absolute atomic E-state index is 0.0749. The van der Waals surface area contributed by atoms with E-state index in [1.165, 1.54) is 31.4 Å². The van der Waals surface area contributed by atoms with Crippen LogP contribution in [0.3, 0.4) is 0 Å². The van der Waals surface area contributed by atoms with Gasteiger partial charge < -0.3 is 0 Å². The van der Waals surface area contributed by atoms with E-state index in [-0.39, 0.29) is 5.69 Å². The Hall–Kier alpha value is -1.17. The van der Waals surface area contributed by atoms with Gasteiger partial charge in [-0.1, -0.05) is 18.0 Å². The summed E-state index contributed by atoms with van der Waals surface area (Å²) in [7, 11) is 0. The van der Waals surface area contributed by atoms with Gasteiger partial charge >= 0.3 is 0 Å². The Bertz CT molecular complexity index is 485. The van der Waals surface area contributed by atoms with Crippen molar-refractivity contribution in [3.05, 3.63) is 38.9 Å². The molecule has 110 valence electrons. The van der Waals surface area contributed by atoms with Crippen LogP contribution >= 0.6 is 11.6 Å². The molecule has 1 aromatic rings. The molecule has 0 saturated carbocycles. The third kappa shape index (κ3) is 3.48. The van der Waals surface area contributed by atoms with E-state index >= 15 is 0 Å². The van der Waals surface area contributed by atoms with Crippen molar-refractivity contribution in [1.82, 2.24) is 10.4 Å². The number of non-ortho nitro benzene ring substituents is 1. The fraction of sp³-hybridized carbons (Fsp3) is 0.571. The average Bonchev–Trinajstić information content (AvgIpc) is 2.39. The number of hydrogen-bond acceptors (Lipinski definition) is 4. The second-order valence-electron chi connectivity index (χ2n) is 5.40. The zero-order valence-corrected chi connectivity index (χ0v) is 12.6. The van der Waals surface area contributed by atoms with E-state index in [9.17, 15) is 10.1 Å². The topological polar surface area (TPSA) is 58.4 Å². The van der Waals surface area contributed by atoms with Gasteiger partial charge in [0.05, 0.1) is 4.92 Å². The standard InChI is InChI=1S/C14H20ClN3O2/c1-10-4-3-5-11(2)17(10)16-9-12-8-13(18(19)20)6-7-14(12)15/h6-8,10-11,16H,3-5,9H2,1-2H3. The molecule has 0 aliphatic carbocycles. The number of nitrogens with one attached hydrogen (secondary N) is 1. The molecule has 0 bridgehead atoms. The number of nitro groups is 1. The molecule has 6 heteroatoms. The lowest BCUT2D eigenvalue weighted by Gasteiger charge is -2.39. The molecule has 20 heavy (non-hydrogen) atoms. The van der Waals surface area contributed by atoms with Gasteiger partial charge in [-0.05, 0) is 38.3 Å². The fourth-order valence-corrected chi connectivity index (χ4v) is 2.90. The highest BCUT2D eigenvalue weighted by Gasteiger charge is 2.24. The maximum Gasteiger partial charge on any atom is 0.269 e. The summed E-state index contributed by atoms with van der Waals surface area (Å²) >= 11 is 6.11. The average molecular weight is 298 g/mol. The summed E-state index contributed by atoms with van der Waals surface area (Å²) in [5.74, 6) is 0. The Balaban J connectivity index is 2.06. The minimum Gasteiger partial charge on any atom is -0.258 e. The summed E-state index contributed by atoms with van der Waals surface area (Å²) < 4.78 is 0. The first-order valence-corrected chi connectivity index (χ1v) is 7.31. The first kappa shape index (κ1) is 15.2. The number of nitro benzene ring substituents is 1. The highest BCUT2D eigenvalue weighted by atomic mass is 35.5. The molecular weight excluding hydrogens is 278 g/mol. The second kappa shape index (κ2) is 6.52. The molecule has 0 spiro atoms. The first-order chi connectivity index (χ1) is 9.49. The molecule has 1 heterocycles. The van der Waals surface area contributed by atoms with E-state index in [0.29, 0.717) is 23.7 Å². The number of rotatable bonds is 4. The lowest BCUT2D eigenvalue weighted by molar-refractivity contribution is -0.384. The molecule has 1 aromatic carbocycles. The van der Waals surface area contributed by atoms with Gasteiger partial charge in [-0.3, -0.25) is 15.5 Å². The third-order valence-electron chi connectivity index (χ3n) is 3.89. The van der Waals surface area contributed by atoms with Gasteiger partial charge in [-0.15, -0.1) is 0 Å². The maximum atomic E-state index is 10.8. The summed E-state index contributed by atoms with van der Waals surface area (Å²) in [6.07, 6.45) is 3.58. The summed E-state index contributed by atoms with van der Waals surface area (Å²) in [4.78, 5) is 10.4. The van der Waals surface area contributed by atoms with Crippen molar-refractivity contribution in [3.63, 3.8) is 0 Å². The highest BCUT2D eigenvalue weighted by Crippen LogP contribution is 2.24. The lowest BCUT2D eigenvalue weighted by Crippen LogP contribution is -2.51. The Morgan fingerprint density at radius 1 is 1.40 bits per heavy atom. The van der Waals surface area contributed by atoms with Gasteiger partial charge in [-0.25, -0.2) is 5.01 Å². The van der Waals surface area contributed by atoms with E-state index in [1.54, 1.807) is 6.07 Å². The number of hydrogen-bond donors (Lipinski definition) is 1.